The zero-order chi connectivity index (χ0) is 16.9. The highest BCUT2D eigenvalue weighted by atomic mass is 19.4. The van der Waals surface area contributed by atoms with E-state index in [0.29, 0.717) is 11.1 Å². The fourth-order valence-corrected chi connectivity index (χ4v) is 1.84. The molecule has 2 aromatic rings. The molecule has 0 saturated carbocycles. The second-order valence-electron chi connectivity index (χ2n) is 4.89. The lowest BCUT2D eigenvalue weighted by Gasteiger charge is -2.15. The highest BCUT2D eigenvalue weighted by Crippen LogP contribution is 2.19. The number of amides is 1. The molecule has 122 valence electrons. The van der Waals surface area contributed by atoms with Crippen molar-refractivity contribution < 1.29 is 22.7 Å². The highest BCUT2D eigenvalue weighted by molar-refractivity contribution is 5.94. The summed E-state index contributed by atoms with van der Waals surface area (Å²) in [5, 5.41) is 2.79. The van der Waals surface area contributed by atoms with E-state index in [0.717, 1.165) is 0 Å². The van der Waals surface area contributed by atoms with Crippen molar-refractivity contribution >= 4 is 5.91 Å². The molecule has 1 amide bonds. The molecule has 0 fully saturated rings. The minimum absolute atomic E-state index is 0.118. The van der Waals surface area contributed by atoms with Crippen LogP contribution in [0.3, 0.4) is 0 Å². The molecule has 0 aliphatic heterocycles. The largest absolute Gasteiger partial charge is 0.468 e. The number of ether oxygens (including phenoxy) is 1. The van der Waals surface area contributed by atoms with Gasteiger partial charge in [-0.3, -0.25) is 4.79 Å². The topological polar surface area (TPSA) is 51.2 Å². The van der Waals surface area contributed by atoms with Crippen molar-refractivity contribution in [1.82, 2.24) is 10.3 Å². The van der Waals surface area contributed by atoms with Crippen molar-refractivity contribution in [3.8, 4) is 5.88 Å². The first kappa shape index (κ1) is 16.8. The smallest absolute Gasteiger partial charge is 0.422 e. The molecule has 2 rings (SSSR count). The lowest BCUT2D eigenvalue weighted by molar-refractivity contribution is -0.154. The molecule has 4 nitrogen and oxygen atoms in total. The number of hydrogen-bond donors (Lipinski definition) is 1. The number of nitrogens with zero attached hydrogens (tertiary/aromatic N) is 1. The second kappa shape index (κ2) is 7.13. The lowest BCUT2D eigenvalue weighted by atomic mass is 10.1. The van der Waals surface area contributed by atoms with Crippen LogP contribution < -0.4 is 10.1 Å². The van der Waals surface area contributed by atoms with E-state index in [2.05, 4.69) is 15.0 Å². The van der Waals surface area contributed by atoms with Crippen molar-refractivity contribution in [2.75, 3.05) is 6.61 Å². The van der Waals surface area contributed by atoms with E-state index < -0.39 is 12.8 Å². The van der Waals surface area contributed by atoms with Crippen LogP contribution in [-0.2, 0) is 0 Å². The lowest BCUT2D eigenvalue weighted by Crippen LogP contribution is -2.26. The van der Waals surface area contributed by atoms with Crippen LogP contribution in [0.2, 0.25) is 0 Å². The number of aromatic nitrogens is 1. The van der Waals surface area contributed by atoms with E-state index in [1.54, 1.807) is 37.3 Å². The molecule has 1 heterocycles. The molecule has 0 aliphatic carbocycles. The van der Waals surface area contributed by atoms with E-state index in [9.17, 15) is 18.0 Å². The van der Waals surface area contributed by atoms with Gasteiger partial charge >= 0.3 is 6.18 Å². The van der Waals surface area contributed by atoms with Crippen LogP contribution in [0.25, 0.3) is 0 Å². The fraction of sp³-hybridized carbons (Fsp3) is 0.250. The number of hydrogen-bond acceptors (Lipinski definition) is 3. The average Bonchev–Trinajstić information content (AvgIpc) is 2.53. The summed E-state index contributed by atoms with van der Waals surface area (Å²) < 4.78 is 40.7. The Balaban J connectivity index is 1.95. The van der Waals surface area contributed by atoms with Crippen molar-refractivity contribution in [3.05, 3.63) is 59.8 Å². The second-order valence-corrected chi connectivity index (χ2v) is 4.89. The van der Waals surface area contributed by atoms with Crippen molar-refractivity contribution in [2.45, 2.75) is 19.1 Å². The van der Waals surface area contributed by atoms with Gasteiger partial charge in [0, 0.05) is 17.8 Å². The molecular weight excluding hydrogens is 309 g/mol. The number of halogens is 3. The number of rotatable bonds is 5. The van der Waals surface area contributed by atoms with Crippen LogP contribution in [0.15, 0.2) is 48.7 Å². The Morgan fingerprint density at radius 3 is 2.48 bits per heavy atom. The number of carbonyl (C=O) groups is 1. The summed E-state index contributed by atoms with van der Waals surface area (Å²) >= 11 is 0. The van der Waals surface area contributed by atoms with Gasteiger partial charge in [-0.25, -0.2) is 4.98 Å². The van der Waals surface area contributed by atoms with E-state index in [1.165, 1.54) is 12.3 Å². The van der Waals surface area contributed by atoms with Crippen LogP contribution in [0.5, 0.6) is 5.88 Å². The van der Waals surface area contributed by atoms with Gasteiger partial charge in [-0.1, -0.05) is 24.3 Å². The normalized spacial score (nSPS) is 12.5. The summed E-state index contributed by atoms with van der Waals surface area (Å²) in [7, 11) is 0. The van der Waals surface area contributed by atoms with Gasteiger partial charge < -0.3 is 10.1 Å². The van der Waals surface area contributed by atoms with Gasteiger partial charge in [-0.15, -0.1) is 0 Å². The van der Waals surface area contributed by atoms with Crippen molar-refractivity contribution in [2.24, 2.45) is 0 Å². The monoisotopic (exact) mass is 324 g/mol. The molecule has 0 aliphatic rings. The molecule has 1 atom stereocenters. The first-order chi connectivity index (χ1) is 10.8. The molecule has 7 heteroatoms. The molecule has 0 spiro atoms. The minimum atomic E-state index is -4.41. The molecule has 0 radical (unpaired) electrons. The third kappa shape index (κ3) is 5.28. The first-order valence-electron chi connectivity index (χ1n) is 6.86. The van der Waals surface area contributed by atoms with Gasteiger partial charge in [0.25, 0.3) is 5.91 Å². The minimum Gasteiger partial charge on any atom is -0.468 e. The van der Waals surface area contributed by atoms with Gasteiger partial charge in [-0.2, -0.15) is 13.2 Å². The summed E-state index contributed by atoms with van der Waals surface area (Å²) in [6.45, 7) is 0.369. The predicted molar refractivity (Wildman–Crippen MR) is 78.1 cm³/mol. The Morgan fingerprint density at radius 2 is 1.91 bits per heavy atom. The van der Waals surface area contributed by atoms with E-state index in [1.807, 2.05) is 6.07 Å². The Bertz CT molecular complexity index is 643. The molecule has 1 aromatic carbocycles. The molecule has 1 unspecified atom stereocenters. The van der Waals surface area contributed by atoms with Gasteiger partial charge in [0.15, 0.2) is 6.61 Å². The number of pyridine rings is 1. The quantitative estimate of drug-likeness (QED) is 0.915. The molecule has 23 heavy (non-hydrogen) atoms. The molecule has 0 saturated heterocycles. The third-order valence-electron chi connectivity index (χ3n) is 3.03. The molecule has 0 bridgehead atoms. The maximum absolute atomic E-state index is 12.1. The Hall–Kier alpha value is -2.57. The third-order valence-corrected chi connectivity index (χ3v) is 3.03. The summed E-state index contributed by atoms with van der Waals surface area (Å²) in [4.78, 5) is 15.8. The van der Waals surface area contributed by atoms with E-state index in [4.69, 9.17) is 0 Å². The SMILES string of the molecule is CC(NC(=O)c1ccccc1)c1ccc(OCC(F)(F)F)nc1. The summed E-state index contributed by atoms with van der Waals surface area (Å²) in [5.41, 5.74) is 1.19. The number of nitrogens with one attached hydrogen (secondary N) is 1. The van der Waals surface area contributed by atoms with Crippen molar-refractivity contribution in [3.63, 3.8) is 0 Å². The Morgan fingerprint density at radius 1 is 1.22 bits per heavy atom. The number of carbonyl (C=O) groups excluding carboxylic acids is 1. The van der Waals surface area contributed by atoms with Gasteiger partial charge in [0.1, 0.15) is 0 Å². The maximum atomic E-state index is 12.1. The van der Waals surface area contributed by atoms with Crippen LogP contribution in [0.4, 0.5) is 13.2 Å². The summed E-state index contributed by atoms with van der Waals surface area (Å²) in [5.74, 6) is -0.358. The fourth-order valence-electron chi connectivity index (χ4n) is 1.84. The molecule has 1 N–H and O–H groups in total. The predicted octanol–water partition coefficient (Wildman–Crippen LogP) is 3.51. The summed E-state index contributed by atoms with van der Waals surface area (Å²) in [6, 6.07) is 11.3. The first-order valence-corrected chi connectivity index (χ1v) is 6.86. The highest BCUT2D eigenvalue weighted by Gasteiger charge is 2.28. The van der Waals surface area contributed by atoms with Gasteiger partial charge in [0.05, 0.1) is 6.04 Å². The van der Waals surface area contributed by atoms with Crippen LogP contribution in [0.1, 0.15) is 28.9 Å². The van der Waals surface area contributed by atoms with E-state index >= 15 is 0 Å². The Labute approximate surface area is 131 Å². The van der Waals surface area contributed by atoms with Gasteiger partial charge in [0.2, 0.25) is 5.88 Å². The standard InChI is InChI=1S/C16H15F3N2O2/c1-11(21-15(22)12-5-3-2-4-6-12)13-7-8-14(20-9-13)23-10-16(17,18)19/h2-9,11H,10H2,1H3,(H,21,22). The molecule has 1 aromatic heterocycles. The van der Waals surface area contributed by atoms with Crippen molar-refractivity contribution in [1.29, 1.82) is 0 Å². The number of benzene rings is 1. The zero-order valence-electron chi connectivity index (χ0n) is 12.3. The zero-order valence-corrected chi connectivity index (χ0v) is 12.3. The van der Waals surface area contributed by atoms with Crippen LogP contribution in [-0.4, -0.2) is 23.7 Å². The summed E-state index contributed by atoms with van der Waals surface area (Å²) in [6.07, 6.45) is -3.03. The van der Waals surface area contributed by atoms with E-state index in [-0.39, 0.29) is 17.8 Å². The van der Waals surface area contributed by atoms with Crippen LogP contribution in [0, 0.1) is 0 Å². The maximum Gasteiger partial charge on any atom is 0.422 e. The Kier molecular flexibility index (Phi) is 5.20. The van der Waals surface area contributed by atoms with Crippen LogP contribution >= 0.6 is 0 Å². The number of alkyl halides is 3. The van der Waals surface area contributed by atoms with Gasteiger partial charge in [-0.05, 0) is 24.6 Å². The molecular formula is C16H15F3N2O2. The average molecular weight is 324 g/mol.